The minimum atomic E-state index is -1.57. The Balaban J connectivity index is 2.40. The smallest absolute Gasteiger partial charge is 0.249 e. The SMILES string of the molecule is CC(C)CC(O)(CC(O)CCC1CCCCC1)C(N)=O. The molecule has 1 fully saturated rings. The molecule has 2 atom stereocenters. The molecule has 4 nitrogen and oxygen atoms in total. The maximum atomic E-state index is 11.5. The first-order valence-electron chi connectivity index (χ1n) is 8.04. The fourth-order valence-corrected chi connectivity index (χ4v) is 3.36. The van der Waals surface area contributed by atoms with Crippen LogP contribution in [0.5, 0.6) is 0 Å². The van der Waals surface area contributed by atoms with E-state index < -0.39 is 17.6 Å². The Kier molecular flexibility index (Phi) is 6.96. The minimum Gasteiger partial charge on any atom is -0.393 e. The molecule has 0 aliphatic heterocycles. The van der Waals surface area contributed by atoms with Crippen molar-refractivity contribution < 1.29 is 15.0 Å². The molecule has 1 amide bonds. The number of carbonyl (C=O) groups excluding carboxylic acids is 1. The molecule has 0 spiro atoms. The quantitative estimate of drug-likeness (QED) is 0.640. The highest BCUT2D eigenvalue weighted by atomic mass is 16.3. The second-order valence-electron chi connectivity index (χ2n) is 6.93. The maximum absolute atomic E-state index is 11.5. The Morgan fingerprint density at radius 2 is 1.85 bits per heavy atom. The summed E-state index contributed by atoms with van der Waals surface area (Å²) in [4.78, 5) is 11.5. The molecule has 2 unspecified atom stereocenters. The van der Waals surface area contributed by atoms with Crippen molar-refractivity contribution in [2.75, 3.05) is 0 Å². The summed E-state index contributed by atoms with van der Waals surface area (Å²) in [6.45, 7) is 3.87. The Bertz CT molecular complexity index is 300. The number of hydrogen-bond acceptors (Lipinski definition) is 3. The van der Waals surface area contributed by atoms with Gasteiger partial charge in [-0.3, -0.25) is 4.79 Å². The van der Waals surface area contributed by atoms with Crippen LogP contribution < -0.4 is 5.73 Å². The molecule has 1 aliphatic rings. The molecule has 4 heteroatoms. The molecule has 1 rings (SSSR count). The summed E-state index contributed by atoms with van der Waals surface area (Å²) in [6, 6.07) is 0. The van der Waals surface area contributed by atoms with Gasteiger partial charge in [-0.05, 0) is 31.1 Å². The number of aliphatic hydroxyl groups excluding tert-OH is 1. The predicted molar refractivity (Wildman–Crippen MR) is 80.0 cm³/mol. The summed E-state index contributed by atoms with van der Waals surface area (Å²) in [6.07, 6.45) is 7.77. The lowest BCUT2D eigenvalue weighted by Gasteiger charge is -2.29. The van der Waals surface area contributed by atoms with Crippen molar-refractivity contribution in [3.63, 3.8) is 0 Å². The molecule has 0 aromatic heterocycles. The third-order valence-electron chi connectivity index (χ3n) is 4.41. The van der Waals surface area contributed by atoms with Gasteiger partial charge in [0.05, 0.1) is 6.10 Å². The number of amides is 1. The molecule has 0 saturated heterocycles. The van der Waals surface area contributed by atoms with Crippen LogP contribution in [0, 0.1) is 11.8 Å². The van der Waals surface area contributed by atoms with E-state index >= 15 is 0 Å². The van der Waals surface area contributed by atoms with Crippen LogP contribution in [-0.2, 0) is 4.79 Å². The Labute approximate surface area is 122 Å². The van der Waals surface area contributed by atoms with Gasteiger partial charge >= 0.3 is 0 Å². The van der Waals surface area contributed by atoms with Crippen molar-refractivity contribution in [3.05, 3.63) is 0 Å². The summed E-state index contributed by atoms with van der Waals surface area (Å²) in [5.41, 5.74) is 3.74. The molecule has 0 bridgehead atoms. The van der Waals surface area contributed by atoms with E-state index in [0.29, 0.717) is 18.8 Å². The molecular formula is C16H31NO3. The van der Waals surface area contributed by atoms with Crippen LogP contribution >= 0.6 is 0 Å². The Hall–Kier alpha value is -0.610. The fourth-order valence-electron chi connectivity index (χ4n) is 3.36. The van der Waals surface area contributed by atoms with Crippen LogP contribution in [-0.4, -0.2) is 27.8 Å². The highest BCUT2D eigenvalue weighted by Gasteiger charge is 2.36. The molecule has 1 saturated carbocycles. The average Bonchev–Trinajstić information content (AvgIpc) is 2.36. The average molecular weight is 285 g/mol. The lowest BCUT2D eigenvalue weighted by atomic mass is 9.82. The molecule has 4 N–H and O–H groups in total. The molecule has 0 radical (unpaired) electrons. The zero-order valence-corrected chi connectivity index (χ0v) is 13.0. The van der Waals surface area contributed by atoms with Gasteiger partial charge in [0, 0.05) is 6.42 Å². The van der Waals surface area contributed by atoms with Crippen molar-refractivity contribution in [3.8, 4) is 0 Å². The Morgan fingerprint density at radius 3 is 2.35 bits per heavy atom. The third kappa shape index (κ3) is 5.80. The maximum Gasteiger partial charge on any atom is 0.249 e. The van der Waals surface area contributed by atoms with E-state index in [2.05, 4.69) is 0 Å². The van der Waals surface area contributed by atoms with Gasteiger partial charge in [-0.25, -0.2) is 0 Å². The van der Waals surface area contributed by atoms with E-state index in [4.69, 9.17) is 5.73 Å². The predicted octanol–water partition coefficient (Wildman–Crippen LogP) is 2.36. The molecule has 1 aliphatic carbocycles. The van der Waals surface area contributed by atoms with E-state index in [0.717, 1.165) is 6.42 Å². The highest BCUT2D eigenvalue weighted by molar-refractivity contribution is 5.83. The van der Waals surface area contributed by atoms with Crippen molar-refractivity contribution in [2.24, 2.45) is 17.6 Å². The first kappa shape index (κ1) is 17.4. The van der Waals surface area contributed by atoms with Gasteiger partial charge < -0.3 is 15.9 Å². The largest absolute Gasteiger partial charge is 0.393 e. The zero-order valence-electron chi connectivity index (χ0n) is 13.0. The first-order chi connectivity index (χ1) is 9.33. The number of primary amides is 1. The summed E-state index contributed by atoms with van der Waals surface area (Å²) in [5.74, 6) is 0.145. The number of carbonyl (C=O) groups is 1. The first-order valence-corrected chi connectivity index (χ1v) is 8.04. The lowest BCUT2D eigenvalue weighted by Crippen LogP contribution is -2.47. The standard InChI is InChI=1S/C16H31NO3/c1-12(2)10-16(20,15(17)19)11-14(18)9-8-13-6-4-3-5-7-13/h12-14,18,20H,3-11H2,1-2H3,(H2,17,19). The second-order valence-corrected chi connectivity index (χ2v) is 6.93. The summed E-state index contributed by atoms with van der Waals surface area (Å²) in [5, 5.41) is 20.4. The van der Waals surface area contributed by atoms with Crippen LogP contribution in [0.1, 0.15) is 71.6 Å². The number of aliphatic hydroxyl groups is 2. The number of hydrogen-bond donors (Lipinski definition) is 3. The molecule has 118 valence electrons. The minimum absolute atomic E-state index is 0.0627. The van der Waals surface area contributed by atoms with E-state index in [1.54, 1.807) is 0 Å². The van der Waals surface area contributed by atoms with Crippen molar-refractivity contribution in [2.45, 2.75) is 83.3 Å². The van der Waals surface area contributed by atoms with Crippen LogP contribution in [0.25, 0.3) is 0 Å². The topological polar surface area (TPSA) is 83.6 Å². The van der Waals surface area contributed by atoms with E-state index in [-0.39, 0.29) is 12.3 Å². The van der Waals surface area contributed by atoms with Gasteiger partial charge in [0.15, 0.2) is 0 Å². The van der Waals surface area contributed by atoms with Crippen LogP contribution in [0.2, 0.25) is 0 Å². The number of rotatable bonds is 8. The van der Waals surface area contributed by atoms with Crippen LogP contribution in [0.4, 0.5) is 0 Å². The van der Waals surface area contributed by atoms with Gasteiger partial charge in [0.1, 0.15) is 5.60 Å². The van der Waals surface area contributed by atoms with E-state index in [9.17, 15) is 15.0 Å². The van der Waals surface area contributed by atoms with Crippen LogP contribution in [0.3, 0.4) is 0 Å². The molecule has 0 heterocycles. The van der Waals surface area contributed by atoms with Gasteiger partial charge in [0.25, 0.3) is 0 Å². The second kappa shape index (κ2) is 7.99. The summed E-state index contributed by atoms with van der Waals surface area (Å²) < 4.78 is 0. The zero-order chi connectivity index (χ0) is 15.2. The van der Waals surface area contributed by atoms with Gasteiger partial charge in [-0.2, -0.15) is 0 Å². The number of nitrogens with two attached hydrogens (primary N) is 1. The molecule has 20 heavy (non-hydrogen) atoms. The third-order valence-corrected chi connectivity index (χ3v) is 4.41. The molecule has 0 aromatic rings. The van der Waals surface area contributed by atoms with E-state index in [1.807, 2.05) is 13.8 Å². The molecular weight excluding hydrogens is 254 g/mol. The van der Waals surface area contributed by atoms with Crippen LogP contribution in [0.15, 0.2) is 0 Å². The van der Waals surface area contributed by atoms with Crippen molar-refractivity contribution in [1.82, 2.24) is 0 Å². The van der Waals surface area contributed by atoms with Gasteiger partial charge in [0.2, 0.25) is 5.91 Å². The monoisotopic (exact) mass is 285 g/mol. The van der Waals surface area contributed by atoms with Crippen molar-refractivity contribution >= 4 is 5.91 Å². The fraction of sp³-hybridized carbons (Fsp3) is 0.938. The van der Waals surface area contributed by atoms with Gasteiger partial charge in [-0.15, -0.1) is 0 Å². The normalized spacial score (nSPS) is 21.6. The molecule has 0 aromatic carbocycles. The summed E-state index contributed by atoms with van der Waals surface area (Å²) >= 11 is 0. The lowest BCUT2D eigenvalue weighted by molar-refractivity contribution is -0.141. The van der Waals surface area contributed by atoms with Gasteiger partial charge in [-0.1, -0.05) is 46.0 Å². The van der Waals surface area contributed by atoms with Crippen molar-refractivity contribution in [1.29, 1.82) is 0 Å². The summed E-state index contributed by atoms with van der Waals surface area (Å²) in [7, 11) is 0. The Morgan fingerprint density at radius 1 is 1.25 bits per heavy atom. The van der Waals surface area contributed by atoms with E-state index in [1.165, 1.54) is 32.1 Å². The highest BCUT2D eigenvalue weighted by Crippen LogP contribution is 2.29.